The molecule has 0 fully saturated rings. The maximum absolute atomic E-state index is 12.0. The van der Waals surface area contributed by atoms with Crippen LogP contribution in [0.3, 0.4) is 0 Å². The quantitative estimate of drug-likeness (QED) is 0.850. The Balaban J connectivity index is 2.24. The minimum absolute atomic E-state index is 0.0588. The molecule has 0 bridgehead atoms. The van der Waals surface area contributed by atoms with Gasteiger partial charge in [-0.15, -0.1) is 6.58 Å². The van der Waals surface area contributed by atoms with Crippen molar-refractivity contribution >= 4 is 21.6 Å². The van der Waals surface area contributed by atoms with E-state index in [0.717, 1.165) is 11.5 Å². The second-order valence-corrected chi connectivity index (χ2v) is 5.26. The standard InChI is InChI=1S/C14H16BrN3O2/c1-4-7-18-14(19)13(15)11(8-16-18)17-10(3)12-6-5-9(2)20-12/h4-6,8,10,17H,1,7H2,2-3H3. The van der Waals surface area contributed by atoms with Gasteiger partial charge in [0.1, 0.15) is 16.0 Å². The molecule has 2 rings (SSSR count). The Morgan fingerprint density at radius 1 is 1.60 bits per heavy atom. The van der Waals surface area contributed by atoms with E-state index in [9.17, 15) is 4.79 Å². The Hall–Kier alpha value is -1.82. The second-order valence-electron chi connectivity index (χ2n) is 4.46. The number of hydrogen-bond donors (Lipinski definition) is 1. The van der Waals surface area contributed by atoms with Gasteiger partial charge in [0.15, 0.2) is 0 Å². The molecule has 1 atom stereocenters. The summed E-state index contributed by atoms with van der Waals surface area (Å²) in [5.41, 5.74) is 0.439. The Morgan fingerprint density at radius 2 is 2.35 bits per heavy atom. The van der Waals surface area contributed by atoms with Gasteiger partial charge in [0, 0.05) is 0 Å². The molecule has 0 spiro atoms. The molecule has 106 valence electrons. The molecule has 5 nitrogen and oxygen atoms in total. The van der Waals surface area contributed by atoms with Crippen LogP contribution in [0.2, 0.25) is 0 Å². The number of rotatable bonds is 5. The number of nitrogens with one attached hydrogen (secondary N) is 1. The molecular formula is C14H16BrN3O2. The van der Waals surface area contributed by atoms with Crippen LogP contribution in [0.25, 0.3) is 0 Å². The van der Waals surface area contributed by atoms with E-state index < -0.39 is 0 Å². The third-order valence-corrected chi connectivity index (χ3v) is 3.61. The fourth-order valence-electron chi connectivity index (χ4n) is 1.81. The van der Waals surface area contributed by atoms with Crippen LogP contribution in [0, 0.1) is 6.92 Å². The molecule has 0 aromatic carbocycles. The number of anilines is 1. The van der Waals surface area contributed by atoms with E-state index in [2.05, 4.69) is 32.9 Å². The molecule has 0 aliphatic heterocycles. The molecule has 2 aromatic rings. The minimum atomic E-state index is -0.197. The first-order valence-corrected chi connectivity index (χ1v) is 7.01. The maximum atomic E-state index is 12.0. The van der Waals surface area contributed by atoms with Crippen molar-refractivity contribution in [1.29, 1.82) is 0 Å². The highest BCUT2D eigenvalue weighted by Crippen LogP contribution is 2.24. The Bertz CT molecular complexity index is 675. The van der Waals surface area contributed by atoms with Gasteiger partial charge >= 0.3 is 0 Å². The summed E-state index contributed by atoms with van der Waals surface area (Å²) < 4.78 is 7.34. The van der Waals surface area contributed by atoms with Crippen LogP contribution in [-0.4, -0.2) is 9.78 Å². The first kappa shape index (κ1) is 14.6. The molecule has 2 heterocycles. The summed E-state index contributed by atoms with van der Waals surface area (Å²) in [5, 5.41) is 7.30. The molecule has 1 N–H and O–H groups in total. The zero-order valence-corrected chi connectivity index (χ0v) is 13.0. The highest BCUT2D eigenvalue weighted by atomic mass is 79.9. The van der Waals surface area contributed by atoms with E-state index >= 15 is 0 Å². The van der Waals surface area contributed by atoms with Gasteiger partial charge in [0.25, 0.3) is 5.56 Å². The largest absolute Gasteiger partial charge is 0.464 e. The summed E-state index contributed by atoms with van der Waals surface area (Å²) in [6, 6.07) is 3.76. The molecule has 0 aliphatic rings. The lowest BCUT2D eigenvalue weighted by atomic mass is 10.2. The van der Waals surface area contributed by atoms with Crippen LogP contribution in [0.5, 0.6) is 0 Å². The Kier molecular flexibility index (Phi) is 4.44. The Labute approximate surface area is 125 Å². The van der Waals surface area contributed by atoms with E-state index in [1.807, 2.05) is 26.0 Å². The van der Waals surface area contributed by atoms with Gasteiger partial charge in [-0.2, -0.15) is 5.10 Å². The van der Waals surface area contributed by atoms with Gasteiger partial charge in [-0.05, 0) is 41.9 Å². The summed E-state index contributed by atoms with van der Waals surface area (Å²) >= 11 is 3.31. The van der Waals surface area contributed by atoms with Crippen molar-refractivity contribution in [3.05, 3.63) is 57.3 Å². The van der Waals surface area contributed by atoms with Crippen LogP contribution in [0.4, 0.5) is 5.69 Å². The molecule has 0 saturated carbocycles. The van der Waals surface area contributed by atoms with Crippen molar-refractivity contribution < 1.29 is 4.42 Å². The second kappa shape index (κ2) is 6.09. The SMILES string of the molecule is C=CCn1ncc(NC(C)c2ccc(C)o2)c(Br)c1=O. The molecule has 0 aliphatic carbocycles. The van der Waals surface area contributed by atoms with Crippen LogP contribution < -0.4 is 10.9 Å². The van der Waals surface area contributed by atoms with Gasteiger partial charge in [-0.3, -0.25) is 4.79 Å². The smallest absolute Gasteiger partial charge is 0.283 e. The maximum Gasteiger partial charge on any atom is 0.283 e. The number of furan rings is 1. The lowest BCUT2D eigenvalue weighted by Gasteiger charge is -2.14. The number of aryl methyl sites for hydroxylation is 1. The van der Waals surface area contributed by atoms with Gasteiger partial charge in [0.2, 0.25) is 0 Å². The molecule has 0 saturated heterocycles. The molecule has 6 heteroatoms. The predicted molar refractivity (Wildman–Crippen MR) is 81.9 cm³/mol. The monoisotopic (exact) mass is 337 g/mol. The molecule has 20 heavy (non-hydrogen) atoms. The molecule has 1 unspecified atom stereocenters. The van der Waals surface area contributed by atoms with Crippen molar-refractivity contribution in [2.24, 2.45) is 0 Å². The first-order chi connectivity index (χ1) is 9.52. The summed E-state index contributed by atoms with van der Waals surface area (Å²) in [5.74, 6) is 1.66. The van der Waals surface area contributed by atoms with Crippen LogP contribution in [-0.2, 0) is 6.54 Å². The Morgan fingerprint density at radius 3 is 2.95 bits per heavy atom. The average Bonchev–Trinajstić information content (AvgIpc) is 2.85. The number of hydrogen-bond acceptors (Lipinski definition) is 4. The van der Waals surface area contributed by atoms with E-state index in [1.54, 1.807) is 12.3 Å². The summed E-state index contributed by atoms with van der Waals surface area (Å²) in [4.78, 5) is 12.0. The molecular weight excluding hydrogens is 322 g/mol. The number of aromatic nitrogens is 2. The van der Waals surface area contributed by atoms with Crippen molar-refractivity contribution in [2.45, 2.75) is 26.4 Å². The number of allylic oxidation sites excluding steroid dienone is 1. The van der Waals surface area contributed by atoms with Crippen LogP contribution >= 0.6 is 15.9 Å². The van der Waals surface area contributed by atoms with Gasteiger partial charge in [-0.25, -0.2) is 4.68 Å². The third-order valence-electron chi connectivity index (χ3n) is 2.85. The van der Waals surface area contributed by atoms with E-state index in [0.29, 0.717) is 16.7 Å². The predicted octanol–water partition coefficient (Wildman–Crippen LogP) is 3.27. The summed E-state index contributed by atoms with van der Waals surface area (Å²) in [6.07, 6.45) is 3.24. The van der Waals surface area contributed by atoms with Gasteiger partial charge < -0.3 is 9.73 Å². The first-order valence-electron chi connectivity index (χ1n) is 6.22. The normalized spacial score (nSPS) is 12.2. The lowest BCUT2D eigenvalue weighted by molar-refractivity contribution is 0.466. The average molecular weight is 338 g/mol. The lowest BCUT2D eigenvalue weighted by Crippen LogP contribution is -2.24. The van der Waals surface area contributed by atoms with E-state index in [1.165, 1.54) is 4.68 Å². The number of halogens is 1. The zero-order valence-electron chi connectivity index (χ0n) is 11.4. The van der Waals surface area contributed by atoms with Crippen molar-refractivity contribution in [2.75, 3.05) is 5.32 Å². The van der Waals surface area contributed by atoms with Gasteiger partial charge in [-0.1, -0.05) is 6.08 Å². The summed E-state index contributed by atoms with van der Waals surface area (Å²) in [6.45, 7) is 7.83. The fourth-order valence-corrected chi connectivity index (χ4v) is 2.23. The fraction of sp³-hybridized carbons (Fsp3) is 0.286. The molecule has 0 radical (unpaired) electrons. The number of nitrogens with zero attached hydrogens (tertiary/aromatic N) is 2. The van der Waals surface area contributed by atoms with Crippen molar-refractivity contribution in [3.8, 4) is 0 Å². The van der Waals surface area contributed by atoms with Crippen molar-refractivity contribution in [3.63, 3.8) is 0 Å². The van der Waals surface area contributed by atoms with E-state index in [-0.39, 0.29) is 11.6 Å². The van der Waals surface area contributed by atoms with Gasteiger partial charge in [0.05, 0.1) is 24.5 Å². The minimum Gasteiger partial charge on any atom is -0.464 e. The zero-order chi connectivity index (χ0) is 14.7. The highest BCUT2D eigenvalue weighted by molar-refractivity contribution is 9.10. The third kappa shape index (κ3) is 3.01. The topological polar surface area (TPSA) is 60.1 Å². The highest BCUT2D eigenvalue weighted by Gasteiger charge is 2.13. The van der Waals surface area contributed by atoms with Crippen LogP contribution in [0.1, 0.15) is 24.5 Å². The molecule has 2 aromatic heterocycles. The molecule has 0 amide bonds. The van der Waals surface area contributed by atoms with Crippen LogP contribution in [0.15, 0.2) is 44.7 Å². The van der Waals surface area contributed by atoms with E-state index in [4.69, 9.17) is 4.42 Å². The summed E-state index contributed by atoms with van der Waals surface area (Å²) in [7, 11) is 0. The van der Waals surface area contributed by atoms with Crippen molar-refractivity contribution in [1.82, 2.24) is 9.78 Å².